The second kappa shape index (κ2) is 5.51. The van der Waals surface area contributed by atoms with Crippen LogP contribution in [0.25, 0.3) is 10.8 Å². The molecule has 0 aliphatic carbocycles. The third kappa shape index (κ3) is 2.47. The summed E-state index contributed by atoms with van der Waals surface area (Å²) >= 11 is 6.10. The Bertz CT molecular complexity index is 734. The van der Waals surface area contributed by atoms with Crippen molar-refractivity contribution in [3.8, 4) is 0 Å². The van der Waals surface area contributed by atoms with E-state index in [0.29, 0.717) is 5.15 Å². The number of rotatable bonds is 3. The molecule has 0 amide bonds. The van der Waals surface area contributed by atoms with E-state index >= 15 is 0 Å². The molecule has 2 nitrogen and oxygen atoms in total. The van der Waals surface area contributed by atoms with Gasteiger partial charge in [0.05, 0.1) is 5.69 Å². The largest absolute Gasteiger partial charge is 0.376 e. The summed E-state index contributed by atoms with van der Waals surface area (Å²) in [6.07, 6.45) is 1.69. The summed E-state index contributed by atoms with van der Waals surface area (Å²) in [5.74, 6) is 0. The Morgan fingerprint density at radius 1 is 1.00 bits per heavy atom. The highest BCUT2D eigenvalue weighted by Gasteiger charge is 2.10. The van der Waals surface area contributed by atoms with Crippen LogP contribution in [0, 0.1) is 0 Å². The second-order valence-electron chi connectivity index (χ2n) is 4.78. The number of halogens is 1. The molecule has 1 N–H and O–H groups in total. The molecular weight excluding hydrogens is 268 g/mol. The van der Waals surface area contributed by atoms with Gasteiger partial charge in [0.2, 0.25) is 0 Å². The first kappa shape index (κ1) is 12.9. The number of aromatic nitrogens is 1. The molecule has 1 aromatic heterocycles. The molecule has 20 heavy (non-hydrogen) atoms. The molecule has 1 atom stereocenters. The van der Waals surface area contributed by atoms with Crippen LogP contribution in [0.3, 0.4) is 0 Å². The fourth-order valence-corrected chi connectivity index (χ4v) is 2.61. The second-order valence-corrected chi connectivity index (χ2v) is 5.13. The van der Waals surface area contributed by atoms with E-state index in [-0.39, 0.29) is 6.04 Å². The Labute approximate surface area is 123 Å². The SMILES string of the molecule is CC(Nc1cccnc1Cl)c1cccc2ccccc12. The first-order valence-corrected chi connectivity index (χ1v) is 6.98. The van der Waals surface area contributed by atoms with Crippen LogP contribution in [0.1, 0.15) is 18.5 Å². The number of hydrogen-bond acceptors (Lipinski definition) is 2. The number of fused-ring (bicyclic) bond motifs is 1. The summed E-state index contributed by atoms with van der Waals surface area (Å²) in [5.41, 5.74) is 2.11. The molecule has 2 aromatic carbocycles. The van der Waals surface area contributed by atoms with Gasteiger partial charge < -0.3 is 5.32 Å². The molecule has 3 heteroatoms. The molecule has 0 saturated carbocycles. The first-order chi connectivity index (χ1) is 9.75. The predicted molar refractivity (Wildman–Crippen MR) is 85.2 cm³/mol. The van der Waals surface area contributed by atoms with Crippen LogP contribution in [-0.2, 0) is 0 Å². The number of benzene rings is 2. The predicted octanol–water partition coefficient (Wildman–Crippen LogP) is 5.06. The average molecular weight is 283 g/mol. The van der Waals surface area contributed by atoms with Crippen molar-refractivity contribution in [3.63, 3.8) is 0 Å². The van der Waals surface area contributed by atoms with E-state index in [1.807, 2.05) is 12.1 Å². The Hall–Kier alpha value is -2.06. The number of pyridine rings is 1. The summed E-state index contributed by atoms with van der Waals surface area (Å²) in [5, 5.41) is 6.43. The number of nitrogens with one attached hydrogen (secondary N) is 1. The van der Waals surface area contributed by atoms with Gasteiger partial charge in [-0.2, -0.15) is 0 Å². The van der Waals surface area contributed by atoms with Crippen molar-refractivity contribution in [2.24, 2.45) is 0 Å². The van der Waals surface area contributed by atoms with E-state index in [1.54, 1.807) is 6.20 Å². The van der Waals surface area contributed by atoms with Crippen LogP contribution in [0.2, 0.25) is 5.15 Å². The van der Waals surface area contributed by atoms with Crippen LogP contribution in [0.15, 0.2) is 60.8 Å². The van der Waals surface area contributed by atoms with Gasteiger partial charge in [-0.25, -0.2) is 4.98 Å². The lowest BCUT2D eigenvalue weighted by Crippen LogP contribution is -2.07. The third-order valence-corrected chi connectivity index (χ3v) is 3.72. The maximum atomic E-state index is 6.10. The lowest BCUT2D eigenvalue weighted by atomic mass is 9.99. The lowest BCUT2D eigenvalue weighted by Gasteiger charge is -2.18. The highest BCUT2D eigenvalue weighted by Crippen LogP contribution is 2.28. The molecule has 0 radical (unpaired) electrons. The minimum atomic E-state index is 0.155. The molecule has 1 heterocycles. The molecule has 0 bridgehead atoms. The van der Waals surface area contributed by atoms with Crippen molar-refractivity contribution in [2.75, 3.05) is 5.32 Å². The van der Waals surface area contributed by atoms with Crippen molar-refractivity contribution in [1.29, 1.82) is 0 Å². The summed E-state index contributed by atoms with van der Waals surface area (Å²) in [4.78, 5) is 4.09. The highest BCUT2D eigenvalue weighted by molar-refractivity contribution is 6.31. The zero-order valence-corrected chi connectivity index (χ0v) is 11.9. The van der Waals surface area contributed by atoms with Gasteiger partial charge in [-0.05, 0) is 35.4 Å². The summed E-state index contributed by atoms with van der Waals surface area (Å²) < 4.78 is 0. The first-order valence-electron chi connectivity index (χ1n) is 6.60. The Morgan fingerprint density at radius 3 is 2.65 bits per heavy atom. The molecule has 3 rings (SSSR count). The van der Waals surface area contributed by atoms with E-state index in [0.717, 1.165) is 5.69 Å². The number of anilines is 1. The maximum Gasteiger partial charge on any atom is 0.152 e. The van der Waals surface area contributed by atoms with Crippen molar-refractivity contribution in [2.45, 2.75) is 13.0 Å². The average Bonchev–Trinajstić information content (AvgIpc) is 2.49. The summed E-state index contributed by atoms with van der Waals surface area (Å²) in [7, 11) is 0. The van der Waals surface area contributed by atoms with Crippen LogP contribution >= 0.6 is 11.6 Å². The van der Waals surface area contributed by atoms with Gasteiger partial charge in [-0.3, -0.25) is 0 Å². The molecule has 100 valence electrons. The maximum absolute atomic E-state index is 6.10. The van der Waals surface area contributed by atoms with Crippen LogP contribution in [0.5, 0.6) is 0 Å². The topological polar surface area (TPSA) is 24.9 Å². The standard InChI is InChI=1S/C17H15ClN2/c1-12(20-16-10-5-11-19-17(16)18)14-9-4-7-13-6-2-3-8-15(13)14/h2-12,20H,1H3. The van der Waals surface area contributed by atoms with E-state index in [4.69, 9.17) is 11.6 Å². The Kier molecular flexibility index (Phi) is 3.57. The van der Waals surface area contributed by atoms with Gasteiger partial charge in [-0.1, -0.05) is 54.1 Å². The van der Waals surface area contributed by atoms with Crippen molar-refractivity contribution in [1.82, 2.24) is 4.98 Å². The fraction of sp³-hybridized carbons (Fsp3) is 0.118. The zero-order valence-electron chi connectivity index (χ0n) is 11.2. The van der Waals surface area contributed by atoms with Crippen LogP contribution in [-0.4, -0.2) is 4.98 Å². The van der Waals surface area contributed by atoms with E-state index < -0.39 is 0 Å². The van der Waals surface area contributed by atoms with Gasteiger partial charge in [-0.15, -0.1) is 0 Å². The van der Waals surface area contributed by atoms with Gasteiger partial charge >= 0.3 is 0 Å². The van der Waals surface area contributed by atoms with E-state index in [1.165, 1.54) is 16.3 Å². The highest BCUT2D eigenvalue weighted by atomic mass is 35.5. The van der Waals surface area contributed by atoms with Crippen molar-refractivity contribution >= 4 is 28.1 Å². The van der Waals surface area contributed by atoms with Gasteiger partial charge in [0.15, 0.2) is 5.15 Å². The van der Waals surface area contributed by atoms with Gasteiger partial charge in [0, 0.05) is 12.2 Å². The smallest absolute Gasteiger partial charge is 0.152 e. The fourth-order valence-electron chi connectivity index (χ4n) is 2.43. The Balaban J connectivity index is 1.97. The van der Waals surface area contributed by atoms with Crippen LogP contribution < -0.4 is 5.32 Å². The van der Waals surface area contributed by atoms with Crippen molar-refractivity contribution < 1.29 is 0 Å². The molecule has 1 unspecified atom stereocenters. The molecule has 0 fully saturated rings. The van der Waals surface area contributed by atoms with Gasteiger partial charge in [0.25, 0.3) is 0 Å². The molecule has 0 saturated heterocycles. The number of nitrogens with zero attached hydrogens (tertiary/aromatic N) is 1. The van der Waals surface area contributed by atoms with E-state index in [9.17, 15) is 0 Å². The summed E-state index contributed by atoms with van der Waals surface area (Å²) in [6, 6.07) is 18.7. The van der Waals surface area contributed by atoms with Gasteiger partial charge in [0.1, 0.15) is 0 Å². The minimum absolute atomic E-state index is 0.155. The van der Waals surface area contributed by atoms with Crippen LogP contribution in [0.4, 0.5) is 5.69 Å². The number of hydrogen-bond donors (Lipinski definition) is 1. The normalized spacial score (nSPS) is 12.3. The molecule has 0 spiro atoms. The minimum Gasteiger partial charge on any atom is -0.376 e. The summed E-state index contributed by atoms with van der Waals surface area (Å²) in [6.45, 7) is 2.13. The Morgan fingerprint density at radius 2 is 1.80 bits per heavy atom. The molecule has 0 aliphatic heterocycles. The lowest BCUT2D eigenvalue weighted by molar-refractivity contribution is 0.893. The molecule has 3 aromatic rings. The molecular formula is C17H15ClN2. The third-order valence-electron chi connectivity index (χ3n) is 3.42. The monoisotopic (exact) mass is 282 g/mol. The molecule has 0 aliphatic rings. The quantitative estimate of drug-likeness (QED) is 0.679. The van der Waals surface area contributed by atoms with Crippen molar-refractivity contribution in [3.05, 3.63) is 71.5 Å². The zero-order chi connectivity index (χ0) is 13.9. The van der Waals surface area contributed by atoms with E-state index in [2.05, 4.69) is 59.7 Å².